The molecule has 0 spiro atoms. The van der Waals surface area contributed by atoms with E-state index in [-0.39, 0.29) is 19.8 Å². The Morgan fingerprint density at radius 2 is 1.11 bits per heavy atom. The van der Waals surface area contributed by atoms with E-state index in [1.807, 2.05) is 91.0 Å². The van der Waals surface area contributed by atoms with Crippen molar-refractivity contribution in [2.45, 2.75) is 54.3 Å². The fourth-order valence-electron chi connectivity index (χ4n) is 4.97. The van der Waals surface area contributed by atoms with Crippen molar-refractivity contribution in [3.05, 3.63) is 144 Å². The van der Waals surface area contributed by atoms with E-state index in [1.54, 1.807) is 30.3 Å². The van der Waals surface area contributed by atoms with Gasteiger partial charge in [-0.3, -0.25) is 5.41 Å². The fraction of sp³-hybridized carbons (Fsp3) is 0.278. The Balaban J connectivity index is 1.49. The number of rotatable bonds is 13. The van der Waals surface area contributed by atoms with Gasteiger partial charge in [-0.15, -0.1) is 0 Å². The highest BCUT2D eigenvalue weighted by Crippen LogP contribution is 2.34. The Hall–Kier alpha value is -3.47. The quantitative estimate of drug-likeness (QED) is 0.0662. The first kappa shape index (κ1) is 34.9. The van der Waals surface area contributed by atoms with Crippen LogP contribution in [-0.4, -0.2) is 53.0 Å². The van der Waals surface area contributed by atoms with Crippen molar-refractivity contribution in [3.63, 3.8) is 0 Å². The molecule has 1 saturated heterocycles. The van der Waals surface area contributed by atoms with E-state index in [2.05, 4.69) is 0 Å². The molecular weight excluding hydrogens is 665 g/mol. The van der Waals surface area contributed by atoms with Gasteiger partial charge in [-0.05, 0) is 28.8 Å². The number of halogens is 3. The van der Waals surface area contributed by atoms with Gasteiger partial charge in [-0.25, -0.2) is 4.79 Å². The number of ether oxygens (including phenoxy) is 6. The van der Waals surface area contributed by atoms with Crippen molar-refractivity contribution < 1.29 is 33.2 Å². The van der Waals surface area contributed by atoms with Crippen molar-refractivity contribution in [1.29, 1.82) is 5.41 Å². The van der Waals surface area contributed by atoms with Crippen molar-refractivity contribution in [1.82, 2.24) is 0 Å². The highest BCUT2D eigenvalue weighted by atomic mass is 35.6. The van der Waals surface area contributed by atoms with E-state index < -0.39 is 46.4 Å². The number of hydrogen-bond donors (Lipinski definition) is 1. The van der Waals surface area contributed by atoms with Crippen molar-refractivity contribution in [2.24, 2.45) is 0 Å². The Bertz CT molecular complexity index is 1540. The van der Waals surface area contributed by atoms with E-state index in [1.165, 1.54) is 0 Å². The lowest BCUT2D eigenvalue weighted by Crippen LogP contribution is -2.62. The molecule has 0 amide bonds. The summed E-state index contributed by atoms with van der Waals surface area (Å²) in [5.74, 6) is -1.38. The molecule has 246 valence electrons. The molecule has 5 rings (SSSR count). The second kappa shape index (κ2) is 17.1. The van der Waals surface area contributed by atoms with Gasteiger partial charge in [0.2, 0.25) is 12.2 Å². The topological polar surface area (TPSA) is 96.3 Å². The van der Waals surface area contributed by atoms with Crippen molar-refractivity contribution >= 4 is 46.7 Å². The Labute approximate surface area is 288 Å². The zero-order chi connectivity index (χ0) is 33.1. The molecule has 0 aromatic heterocycles. The molecule has 1 N–H and O–H groups in total. The van der Waals surface area contributed by atoms with Gasteiger partial charge in [0.25, 0.3) is 3.79 Å². The number of nitrogens with one attached hydrogen (secondary N) is 1. The van der Waals surface area contributed by atoms with Crippen LogP contribution in [0.15, 0.2) is 121 Å². The molecular formula is C36H34Cl3NO7. The summed E-state index contributed by atoms with van der Waals surface area (Å²) in [5.41, 5.74) is 3.03. The van der Waals surface area contributed by atoms with Gasteiger partial charge in [-0.1, -0.05) is 144 Å². The maximum Gasteiger partial charge on any atom is 0.338 e. The molecule has 0 saturated carbocycles. The van der Waals surface area contributed by atoms with E-state index in [4.69, 9.17) is 68.6 Å². The summed E-state index contributed by atoms with van der Waals surface area (Å²) in [7, 11) is 0. The van der Waals surface area contributed by atoms with Crippen LogP contribution in [0.25, 0.3) is 0 Å². The summed E-state index contributed by atoms with van der Waals surface area (Å²) >= 11 is 18.0. The van der Waals surface area contributed by atoms with Crippen LogP contribution < -0.4 is 0 Å². The highest BCUT2D eigenvalue weighted by molar-refractivity contribution is 6.76. The molecule has 0 aliphatic carbocycles. The predicted molar refractivity (Wildman–Crippen MR) is 180 cm³/mol. The number of carbonyl (C=O) groups excluding carboxylic acids is 1. The highest BCUT2D eigenvalue weighted by Gasteiger charge is 2.52. The molecule has 1 fully saturated rings. The molecule has 1 aliphatic heterocycles. The van der Waals surface area contributed by atoms with Crippen LogP contribution in [0.2, 0.25) is 0 Å². The van der Waals surface area contributed by atoms with Crippen molar-refractivity contribution in [2.75, 3.05) is 6.61 Å². The number of esters is 1. The molecule has 8 nitrogen and oxygen atoms in total. The van der Waals surface area contributed by atoms with Gasteiger partial charge in [0.15, 0.2) is 6.10 Å². The first-order chi connectivity index (χ1) is 22.8. The van der Waals surface area contributed by atoms with Gasteiger partial charge in [0, 0.05) is 0 Å². The maximum atomic E-state index is 13.5. The summed E-state index contributed by atoms with van der Waals surface area (Å²) in [6, 6.07) is 37.3. The third kappa shape index (κ3) is 10.3. The fourth-order valence-corrected chi connectivity index (χ4v) is 5.11. The largest absolute Gasteiger partial charge is 0.449 e. The summed E-state index contributed by atoms with van der Waals surface area (Å²) in [4.78, 5) is 13.5. The van der Waals surface area contributed by atoms with E-state index in [0.29, 0.717) is 12.2 Å². The second-order valence-corrected chi connectivity index (χ2v) is 13.0. The van der Waals surface area contributed by atoms with E-state index >= 15 is 0 Å². The van der Waals surface area contributed by atoms with Crippen molar-refractivity contribution in [3.8, 4) is 0 Å². The van der Waals surface area contributed by atoms with Gasteiger partial charge < -0.3 is 28.4 Å². The summed E-state index contributed by atoms with van der Waals surface area (Å²) in [6.45, 7) is 0.676. The molecule has 4 aromatic carbocycles. The third-order valence-electron chi connectivity index (χ3n) is 7.30. The normalized spacial score (nSPS) is 21.1. The van der Waals surface area contributed by atoms with Crippen LogP contribution in [0.4, 0.5) is 0 Å². The standard InChI is InChI=1S/C36H34Cl3NO7/c37-36(38,39)35(40)47-34-32(46-33(41)28-19-11-4-12-20-28)31(44-23-27-17-9-3-10-18-27)30(43-22-26-15-7-2-8-16-26)29(45-34)24-42-21-25-13-5-1-6-14-25/h1-20,29-32,34,40H,21-24H2/t29-,30-,31+,32-,34+/m1/s1. The smallest absolute Gasteiger partial charge is 0.338 e. The molecule has 11 heteroatoms. The molecule has 47 heavy (non-hydrogen) atoms. The lowest BCUT2D eigenvalue weighted by molar-refractivity contribution is -0.302. The molecule has 1 aliphatic rings. The summed E-state index contributed by atoms with van der Waals surface area (Å²) in [6.07, 6.45) is -5.30. The predicted octanol–water partition coefficient (Wildman–Crippen LogP) is 7.69. The van der Waals surface area contributed by atoms with Crippen LogP contribution in [-0.2, 0) is 48.2 Å². The minimum absolute atomic E-state index is 0.0415. The van der Waals surface area contributed by atoms with Crippen LogP contribution in [0.5, 0.6) is 0 Å². The first-order valence-corrected chi connectivity index (χ1v) is 16.1. The van der Waals surface area contributed by atoms with Crippen LogP contribution in [0.1, 0.15) is 27.0 Å². The van der Waals surface area contributed by atoms with Crippen LogP contribution in [0.3, 0.4) is 0 Å². The number of hydrogen-bond acceptors (Lipinski definition) is 8. The molecule has 0 unspecified atom stereocenters. The number of alkyl halides is 3. The van der Waals surface area contributed by atoms with Gasteiger partial charge in [0.1, 0.15) is 18.3 Å². The molecule has 0 bridgehead atoms. The van der Waals surface area contributed by atoms with E-state index in [0.717, 1.165) is 16.7 Å². The average molecular weight is 699 g/mol. The molecule has 5 atom stereocenters. The summed E-state index contributed by atoms with van der Waals surface area (Å²) < 4.78 is 35.1. The second-order valence-electron chi connectivity index (χ2n) is 10.7. The molecule has 1 heterocycles. The average Bonchev–Trinajstić information content (AvgIpc) is 3.09. The summed E-state index contributed by atoms with van der Waals surface area (Å²) in [5, 5.41) is 8.33. The van der Waals surface area contributed by atoms with E-state index in [9.17, 15) is 4.79 Å². The lowest BCUT2D eigenvalue weighted by atomic mass is 9.97. The Morgan fingerprint density at radius 1 is 0.638 bits per heavy atom. The van der Waals surface area contributed by atoms with Gasteiger partial charge in [0.05, 0.1) is 32.0 Å². The third-order valence-corrected chi connectivity index (χ3v) is 7.81. The Kier molecular flexibility index (Phi) is 12.7. The van der Waals surface area contributed by atoms with Gasteiger partial charge >= 0.3 is 5.97 Å². The monoisotopic (exact) mass is 697 g/mol. The molecule has 4 aromatic rings. The Morgan fingerprint density at radius 3 is 1.62 bits per heavy atom. The minimum Gasteiger partial charge on any atom is -0.449 e. The van der Waals surface area contributed by atoms with Gasteiger partial charge in [-0.2, -0.15) is 0 Å². The minimum atomic E-state index is -2.21. The maximum absolute atomic E-state index is 13.5. The number of carbonyl (C=O) groups is 1. The SMILES string of the molecule is N=C(O[C@@H]1O[C@H](COCc2ccccc2)[C@@H](OCc2ccccc2)[C@H](OCc2ccccc2)[C@H]1OC(=O)c1ccccc1)C(Cl)(Cl)Cl. The first-order valence-electron chi connectivity index (χ1n) is 14.9. The molecule has 0 radical (unpaired) electrons. The van der Waals surface area contributed by atoms with Crippen LogP contribution in [0, 0.1) is 5.41 Å². The zero-order valence-electron chi connectivity index (χ0n) is 25.3. The lowest BCUT2D eigenvalue weighted by Gasteiger charge is -2.45. The van der Waals surface area contributed by atoms with Crippen LogP contribution >= 0.6 is 34.8 Å². The number of benzene rings is 4. The zero-order valence-corrected chi connectivity index (χ0v) is 27.5.